The largest absolute Gasteiger partial charge is 0.344 e. The lowest BCUT2D eigenvalue weighted by Gasteiger charge is -2.15. The molecule has 30 heavy (non-hydrogen) atoms. The van der Waals surface area contributed by atoms with Crippen LogP contribution >= 0.6 is 0 Å². The molecule has 0 spiro atoms. The third kappa shape index (κ3) is 3.61. The van der Waals surface area contributed by atoms with Crippen LogP contribution in [-0.2, 0) is 0 Å². The molecule has 2 heterocycles. The van der Waals surface area contributed by atoms with E-state index in [2.05, 4.69) is 15.4 Å². The van der Waals surface area contributed by atoms with Crippen molar-refractivity contribution in [3.8, 4) is 11.4 Å². The van der Waals surface area contributed by atoms with E-state index >= 15 is 0 Å². The number of para-hydroxylation sites is 1. The van der Waals surface area contributed by atoms with Crippen LogP contribution in [-0.4, -0.2) is 30.5 Å². The van der Waals surface area contributed by atoms with Crippen LogP contribution in [0.5, 0.6) is 0 Å². The first kappa shape index (κ1) is 18.3. The molecule has 0 radical (unpaired) electrons. The molecule has 1 saturated carbocycles. The van der Waals surface area contributed by atoms with Gasteiger partial charge in [-0.1, -0.05) is 30.3 Å². The third-order valence-corrected chi connectivity index (χ3v) is 5.38. The predicted molar refractivity (Wildman–Crippen MR) is 113 cm³/mol. The molecule has 1 fully saturated rings. The molecule has 0 saturated heterocycles. The zero-order chi connectivity index (χ0) is 20.5. The van der Waals surface area contributed by atoms with Gasteiger partial charge < -0.3 is 5.32 Å². The maximum Gasteiger partial charge on any atom is 0.270 e. The van der Waals surface area contributed by atoms with Crippen LogP contribution in [0.15, 0.2) is 73.3 Å². The minimum absolute atomic E-state index is 0.133. The number of benzene rings is 2. The molecule has 7 nitrogen and oxygen atoms in total. The number of hydrogen-bond donors (Lipinski definition) is 1. The molecule has 2 aromatic carbocycles. The number of rotatable bonds is 6. The van der Waals surface area contributed by atoms with Crippen LogP contribution in [0.1, 0.15) is 53.5 Å². The van der Waals surface area contributed by atoms with Crippen LogP contribution in [0.25, 0.3) is 11.4 Å². The number of carbonyl (C=O) groups excluding carboxylic acids is 1. The van der Waals surface area contributed by atoms with E-state index in [1.54, 1.807) is 15.7 Å². The molecular weight excluding hydrogens is 376 g/mol. The second-order valence-electron chi connectivity index (χ2n) is 7.60. The fraction of sp³-hybridized carbons (Fsp3) is 0.217. The number of nitrogens with one attached hydrogen (secondary N) is 1. The second kappa shape index (κ2) is 7.59. The Labute approximate surface area is 174 Å². The van der Waals surface area contributed by atoms with Crippen LogP contribution in [0.4, 0.5) is 0 Å². The van der Waals surface area contributed by atoms with Gasteiger partial charge in [-0.2, -0.15) is 10.2 Å². The van der Waals surface area contributed by atoms with E-state index in [1.807, 2.05) is 67.6 Å². The standard InChI is InChI=1S/C23H22N6O/c1-16(17-9-11-19(12-10-17)28-15-24-14-25-28)26-23(30)22-13-21(18-7-8-18)27-29(22)20-5-3-2-4-6-20/h2-6,9-16,18H,7-8H2,1H3,(H,26,30). The zero-order valence-electron chi connectivity index (χ0n) is 16.6. The second-order valence-corrected chi connectivity index (χ2v) is 7.60. The summed E-state index contributed by atoms with van der Waals surface area (Å²) < 4.78 is 3.45. The lowest BCUT2D eigenvalue weighted by atomic mass is 10.1. The van der Waals surface area contributed by atoms with E-state index in [9.17, 15) is 4.79 Å². The lowest BCUT2D eigenvalue weighted by molar-refractivity contribution is 0.0932. The highest BCUT2D eigenvalue weighted by atomic mass is 16.2. The average molecular weight is 398 g/mol. The predicted octanol–water partition coefficient (Wildman–Crippen LogP) is 3.82. The molecule has 2 aromatic heterocycles. The van der Waals surface area contributed by atoms with Crippen LogP contribution in [0, 0.1) is 0 Å². The van der Waals surface area contributed by atoms with Crippen molar-refractivity contribution in [2.24, 2.45) is 0 Å². The molecule has 0 bridgehead atoms. The molecule has 4 aromatic rings. The normalized spacial score (nSPS) is 14.4. The monoisotopic (exact) mass is 398 g/mol. The molecule has 1 unspecified atom stereocenters. The van der Waals surface area contributed by atoms with Crippen LogP contribution in [0.2, 0.25) is 0 Å². The molecule has 1 aliphatic rings. The van der Waals surface area contributed by atoms with E-state index in [4.69, 9.17) is 5.10 Å². The van der Waals surface area contributed by atoms with Gasteiger partial charge in [-0.05, 0) is 55.7 Å². The van der Waals surface area contributed by atoms with Crippen molar-refractivity contribution in [2.75, 3.05) is 0 Å². The number of hydrogen-bond acceptors (Lipinski definition) is 4. The Morgan fingerprint density at radius 1 is 1.07 bits per heavy atom. The summed E-state index contributed by atoms with van der Waals surface area (Å²) in [6.45, 7) is 1.98. The SMILES string of the molecule is CC(NC(=O)c1cc(C2CC2)nn1-c1ccccc1)c1ccc(-n2cncn2)cc1. The van der Waals surface area contributed by atoms with Gasteiger partial charge in [-0.3, -0.25) is 4.79 Å². The van der Waals surface area contributed by atoms with Gasteiger partial charge in [0, 0.05) is 5.92 Å². The summed E-state index contributed by atoms with van der Waals surface area (Å²) in [5, 5.41) is 12.0. The van der Waals surface area contributed by atoms with E-state index in [0.717, 1.165) is 35.5 Å². The van der Waals surface area contributed by atoms with Crippen molar-refractivity contribution < 1.29 is 4.79 Å². The smallest absolute Gasteiger partial charge is 0.270 e. The highest BCUT2D eigenvalue weighted by Crippen LogP contribution is 2.39. The highest BCUT2D eigenvalue weighted by Gasteiger charge is 2.29. The minimum atomic E-state index is -0.147. The van der Waals surface area contributed by atoms with Crippen LogP contribution in [0.3, 0.4) is 0 Å². The van der Waals surface area contributed by atoms with Gasteiger partial charge in [0.2, 0.25) is 0 Å². The first-order valence-electron chi connectivity index (χ1n) is 10.1. The number of aromatic nitrogens is 5. The maximum absolute atomic E-state index is 13.1. The third-order valence-electron chi connectivity index (χ3n) is 5.38. The summed E-state index contributed by atoms with van der Waals surface area (Å²) in [6, 6.07) is 19.5. The molecule has 1 N–H and O–H groups in total. The first-order valence-corrected chi connectivity index (χ1v) is 10.1. The molecule has 150 valence electrons. The summed E-state index contributed by atoms with van der Waals surface area (Å²) in [5.74, 6) is 0.342. The first-order chi connectivity index (χ1) is 14.7. The van der Waals surface area contributed by atoms with E-state index < -0.39 is 0 Å². The van der Waals surface area contributed by atoms with Gasteiger partial charge in [-0.15, -0.1) is 0 Å². The summed E-state index contributed by atoms with van der Waals surface area (Å²) in [7, 11) is 0. The van der Waals surface area contributed by atoms with E-state index in [1.165, 1.54) is 6.33 Å². The Balaban J connectivity index is 1.37. The Bertz CT molecular complexity index is 1140. The topological polar surface area (TPSA) is 77.6 Å². The van der Waals surface area contributed by atoms with Gasteiger partial charge in [0.05, 0.1) is 23.1 Å². The number of amides is 1. The van der Waals surface area contributed by atoms with Gasteiger partial charge in [-0.25, -0.2) is 14.3 Å². The molecular formula is C23H22N6O. The summed E-state index contributed by atoms with van der Waals surface area (Å²) in [4.78, 5) is 17.1. The summed E-state index contributed by atoms with van der Waals surface area (Å²) in [6.07, 6.45) is 5.44. The van der Waals surface area contributed by atoms with Gasteiger partial charge in [0.1, 0.15) is 18.3 Å². The molecule has 1 atom stereocenters. The van der Waals surface area contributed by atoms with Crippen molar-refractivity contribution >= 4 is 5.91 Å². The fourth-order valence-corrected chi connectivity index (χ4v) is 3.52. The highest BCUT2D eigenvalue weighted by molar-refractivity contribution is 5.93. The van der Waals surface area contributed by atoms with Crippen molar-refractivity contribution in [1.29, 1.82) is 0 Å². The maximum atomic E-state index is 13.1. The average Bonchev–Trinajstić information content (AvgIpc) is 3.30. The van der Waals surface area contributed by atoms with Crippen molar-refractivity contribution in [3.63, 3.8) is 0 Å². The molecule has 7 heteroatoms. The molecule has 0 aliphatic heterocycles. The van der Waals surface area contributed by atoms with E-state index in [-0.39, 0.29) is 11.9 Å². The molecule has 1 amide bonds. The fourth-order valence-electron chi connectivity index (χ4n) is 3.52. The van der Waals surface area contributed by atoms with Gasteiger partial charge in [0.15, 0.2) is 0 Å². The van der Waals surface area contributed by atoms with Gasteiger partial charge >= 0.3 is 0 Å². The Morgan fingerprint density at radius 2 is 1.83 bits per heavy atom. The molecule has 5 rings (SSSR count). The zero-order valence-corrected chi connectivity index (χ0v) is 16.6. The number of nitrogens with zero attached hydrogens (tertiary/aromatic N) is 5. The number of carbonyl (C=O) groups is 1. The van der Waals surface area contributed by atoms with Gasteiger partial charge in [0.25, 0.3) is 5.91 Å². The molecule has 1 aliphatic carbocycles. The van der Waals surface area contributed by atoms with Crippen LogP contribution < -0.4 is 5.32 Å². The Kier molecular flexibility index (Phi) is 4.63. The van der Waals surface area contributed by atoms with Crippen molar-refractivity contribution in [1.82, 2.24) is 29.9 Å². The summed E-state index contributed by atoms with van der Waals surface area (Å²) in [5.41, 5.74) is 4.38. The Hall–Kier alpha value is -3.74. The quantitative estimate of drug-likeness (QED) is 0.536. The van der Waals surface area contributed by atoms with Crippen molar-refractivity contribution in [3.05, 3.63) is 90.3 Å². The summed E-state index contributed by atoms with van der Waals surface area (Å²) >= 11 is 0. The van der Waals surface area contributed by atoms with E-state index in [0.29, 0.717) is 11.6 Å². The minimum Gasteiger partial charge on any atom is -0.344 e. The van der Waals surface area contributed by atoms with Crippen molar-refractivity contribution in [2.45, 2.75) is 31.7 Å². The Morgan fingerprint density at radius 3 is 2.50 bits per heavy atom. The lowest BCUT2D eigenvalue weighted by Crippen LogP contribution is -2.28.